The number of likely N-dealkylation sites (tertiary alicyclic amines) is 1. The zero-order valence-corrected chi connectivity index (χ0v) is 15.2. The molecule has 2 unspecified atom stereocenters. The summed E-state index contributed by atoms with van der Waals surface area (Å²) in [6.07, 6.45) is 1.61. The van der Waals surface area contributed by atoms with Crippen molar-refractivity contribution in [3.05, 3.63) is 71.3 Å². The summed E-state index contributed by atoms with van der Waals surface area (Å²) in [6.45, 7) is 0.921. The first-order chi connectivity index (χ1) is 13.6. The number of aliphatic hydroxyl groups excluding tert-OH is 1. The van der Waals surface area contributed by atoms with Crippen molar-refractivity contribution in [2.24, 2.45) is 0 Å². The third-order valence-electron chi connectivity index (χ3n) is 5.22. The maximum absolute atomic E-state index is 12.9. The summed E-state index contributed by atoms with van der Waals surface area (Å²) in [4.78, 5) is 27.1. The second-order valence-electron chi connectivity index (χ2n) is 7.04. The van der Waals surface area contributed by atoms with Gasteiger partial charge in [-0.3, -0.25) is 9.59 Å². The first kappa shape index (κ1) is 18.3. The number of aromatic hydroxyl groups is 1. The molecular weight excluding hydrogens is 358 g/mol. The molecule has 2 aromatic carbocycles. The average molecular weight is 379 g/mol. The number of carbonyl (C=O) groups excluding carboxylic acids is 2. The average Bonchev–Trinajstić information content (AvgIpc) is 3.31. The Kier molecular flexibility index (Phi) is 4.88. The molecule has 2 saturated heterocycles. The Morgan fingerprint density at radius 3 is 2.43 bits per heavy atom. The summed E-state index contributed by atoms with van der Waals surface area (Å²) in [5.74, 6) is -1.47. The minimum absolute atomic E-state index is 0.0555. The second kappa shape index (κ2) is 7.48. The Morgan fingerprint density at radius 1 is 1.07 bits per heavy atom. The number of phenolic OH excluding ortho intramolecular Hbond substituents is 1. The molecule has 144 valence electrons. The number of amides is 1. The van der Waals surface area contributed by atoms with Gasteiger partial charge in [0.1, 0.15) is 11.5 Å². The van der Waals surface area contributed by atoms with Crippen LogP contribution < -0.4 is 0 Å². The van der Waals surface area contributed by atoms with Crippen LogP contribution in [0, 0.1) is 0 Å². The SMILES string of the molecule is O=C1C(=O)N(CC2CCCO2)C(c2ccc(O)cc2)/C1=C(\O)c1ccccc1. The van der Waals surface area contributed by atoms with Gasteiger partial charge in [-0.05, 0) is 30.5 Å². The zero-order chi connectivity index (χ0) is 19.7. The molecule has 2 N–H and O–H groups in total. The van der Waals surface area contributed by atoms with Crippen LogP contribution >= 0.6 is 0 Å². The molecule has 6 heteroatoms. The first-order valence-corrected chi connectivity index (χ1v) is 9.30. The van der Waals surface area contributed by atoms with Crippen LogP contribution in [0.25, 0.3) is 5.76 Å². The van der Waals surface area contributed by atoms with E-state index in [4.69, 9.17) is 4.74 Å². The van der Waals surface area contributed by atoms with Gasteiger partial charge in [-0.25, -0.2) is 0 Å². The number of phenols is 1. The number of aliphatic hydroxyl groups is 1. The van der Waals surface area contributed by atoms with Crippen LogP contribution in [0.5, 0.6) is 5.75 Å². The maximum Gasteiger partial charge on any atom is 0.295 e. The Bertz CT molecular complexity index is 914. The fraction of sp³-hybridized carbons (Fsp3) is 0.273. The number of hydrogen-bond donors (Lipinski definition) is 2. The van der Waals surface area contributed by atoms with Crippen LogP contribution in [0.15, 0.2) is 60.2 Å². The topological polar surface area (TPSA) is 87.1 Å². The summed E-state index contributed by atoms with van der Waals surface area (Å²) >= 11 is 0. The van der Waals surface area contributed by atoms with Crippen molar-refractivity contribution < 1.29 is 24.5 Å². The van der Waals surface area contributed by atoms with Crippen molar-refractivity contribution in [3.8, 4) is 5.75 Å². The highest BCUT2D eigenvalue weighted by molar-refractivity contribution is 6.46. The molecule has 0 spiro atoms. The molecule has 4 rings (SSSR count). The minimum atomic E-state index is -0.731. The highest BCUT2D eigenvalue weighted by Crippen LogP contribution is 2.40. The van der Waals surface area contributed by atoms with E-state index < -0.39 is 17.7 Å². The van der Waals surface area contributed by atoms with Crippen LogP contribution in [-0.4, -0.2) is 46.1 Å². The molecule has 28 heavy (non-hydrogen) atoms. The predicted molar refractivity (Wildman–Crippen MR) is 103 cm³/mol. The zero-order valence-electron chi connectivity index (χ0n) is 15.2. The van der Waals surface area contributed by atoms with Crippen molar-refractivity contribution >= 4 is 17.4 Å². The lowest BCUT2D eigenvalue weighted by atomic mass is 9.95. The lowest BCUT2D eigenvalue weighted by molar-refractivity contribution is -0.140. The van der Waals surface area contributed by atoms with Crippen LogP contribution in [0.2, 0.25) is 0 Å². The van der Waals surface area contributed by atoms with Crippen molar-refractivity contribution in [1.82, 2.24) is 4.90 Å². The van der Waals surface area contributed by atoms with E-state index in [1.807, 2.05) is 6.07 Å². The van der Waals surface area contributed by atoms with E-state index in [2.05, 4.69) is 0 Å². The van der Waals surface area contributed by atoms with Crippen LogP contribution in [0.4, 0.5) is 0 Å². The molecule has 0 saturated carbocycles. The summed E-state index contributed by atoms with van der Waals surface area (Å²) in [6, 6.07) is 14.3. The Morgan fingerprint density at radius 2 is 1.79 bits per heavy atom. The summed E-state index contributed by atoms with van der Waals surface area (Å²) in [7, 11) is 0. The fourth-order valence-electron chi connectivity index (χ4n) is 3.83. The van der Waals surface area contributed by atoms with Gasteiger partial charge in [0.15, 0.2) is 0 Å². The number of hydrogen-bond acceptors (Lipinski definition) is 5. The standard InChI is InChI=1S/C22H21NO5/c24-16-10-8-14(9-11-16)19-18(20(25)15-5-2-1-3-6-15)21(26)22(27)23(19)13-17-7-4-12-28-17/h1-3,5-6,8-11,17,19,24-25H,4,7,12-13H2/b20-18+. The number of nitrogens with zero attached hydrogens (tertiary/aromatic N) is 1. The Balaban J connectivity index is 1.81. The summed E-state index contributed by atoms with van der Waals surface area (Å²) in [5, 5.41) is 20.5. The van der Waals surface area contributed by atoms with Crippen LogP contribution in [0.3, 0.4) is 0 Å². The molecule has 6 nitrogen and oxygen atoms in total. The van der Waals surface area contributed by atoms with E-state index in [0.29, 0.717) is 17.7 Å². The first-order valence-electron chi connectivity index (χ1n) is 9.30. The number of Topliss-reactive ketones (excluding diaryl/α,β-unsaturated/α-hetero) is 1. The number of carbonyl (C=O) groups is 2. The molecule has 0 aromatic heterocycles. The quantitative estimate of drug-likeness (QED) is 0.484. The van der Waals surface area contributed by atoms with Gasteiger partial charge in [0.25, 0.3) is 11.7 Å². The molecular formula is C22H21NO5. The van der Waals surface area contributed by atoms with Crippen LogP contribution in [0.1, 0.15) is 30.0 Å². The number of benzene rings is 2. The molecule has 2 aliphatic heterocycles. The fourth-order valence-corrected chi connectivity index (χ4v) is 3.83. The van der Waals surface area contributed by atoms with Crippen molar-refractivity contribution in [2.45, 2.75) is 25.0 Å². The number of ether oxygens (including phenoxy) is 1. The molecule has 2 heterocycles. The van der Waals surface area contributed by atoms with Gasteiger partial charge in [0.2, 0.25) is 0 Å². The van der Waals surface area contributed by atoms with Crippen molar-refractivity contribution in [3.63, 3.8) is 0 Å². The maximum atomic E-state index is 12.9. The summed E-state index contributed by atoms with van der Waals surface area (Å²) < 4.78 is 5.66. The van der Waals surface area contributed by atoms with E-state index in [-0.39, 0.29) is 29.7 Å². The highest BCUT2D eigenvalue weighted by atomic mass is 16.5. The van der Waals surface area contributed by atoms with E-state index in [9.17, 15) is 19.8 Å². The molecule has 1 amide bonds. The van der Waals surface area contributed by atoms with E-state index in [1.54, 1.807) is 36.4 Å². The van der Waals surface area contributed by atoms with Crippen molar-refractivity contribution in [1.29, 1.82) is 0 Å². The lowest BCUT2D eigenvalue weighted by Gasteiger charge is -2.27. The Labute approximate surface area is 162 Å². The molecule has 0 radical (unpaired) electrons. The minimum Gasteiger partial charge on any atom is -0.508 e. The van der Waals surface area contributed by atoms with Gasteiger partial charge in [-0.1, -0.05) is 42.5 Å². The van der Waals surface area contributed by atoms with Gasteiger partial charge in [0, 0.05) is 18.7 Å². The van der Waals surface area contributed by atoms with Gasteiger partial charge in [0.05, 0.1) is 17.7 Å². The van der Waals surface area contributed by atoms with E-state index in [1.165, 1.54) is 17.0 Å². The molecule has 0 bridgehead atoms. The van der Waals surface area contributed by atoms with Crippen LogP contribution in [-0.2, 0) is 14.3 Å². The van der Waals surface area contributed by atoms with Gasteiger partial charge in [-0.2, -0.15) is 0 Å². The molecule has 2 fully saturated rings. The lowest BCUT2D eigenvalue weighted by Crippen LogP contribution is -2.36. The van der Waals surface area contributed by atoms with Crippen molar-refractivity contribution in [2.75, 3.05) is 13.2 Å². The molecule has 0 aliphatic carbocycles. The second-order valence-corrected chi connectivity index (χ2v) is 7.04. The normalized spacial score (nSPS) is 24.1. The summed E-state index contributed by atoms with van der Waals surface area (Å²) in [5.41, 5.74) is 1.17. The largest absolute Gasteiger partial charge is 0.508 e. The van der Waals surface area contributed by atoms with E-state index >= 15 is 0 Å². The predicted octanol–water partition coefficient (Wildman–Crippen LogP) is 2.99. The molecule has 2 atom stereocenters. The third-order valence-corrected chi connectivity index (χ3v) is 5.22. The van der Waals surface area contributed by atoms with Gasteiger partial charge < -0.3 is 19.8 Å². The third kappa shape index (κ3) is 3.27. The highest BCUT2D eigenvalue weighted by Gasteiger charge is 2.47. The monoisotopic (exact) mass is 379 g/mol. The number of ketones is 1. The number of rotatable bonds is 4. The van der Waals surface area contributed by atoms with Gasteiger partial charge >= 0.3 is 0 Å². The van der Waals surface area contributed by atoms with E-state index in [0.717, 1.165) is 12.8 Å². The molecule has 2 aliphatic rings. The molecule has 2 aromatic rings. The smallest absolute Gasteiger partial charge is 0.295 e. The Hall–Kier alpha value is -3.12. The van der Waals surface area contributed by atoms with Gasteiger partial charge in [-0.15, -0.1) is 0 Å².